The van der Waals surface area contributed by atoms with E-state index in [1.165, 1.54) is 12.8 Å². The average Bonchev–Trinajstić information content (AvgIpc) is 2.84. The molecule has 0 radical (unpaired) electrons. The van der Waals surface area contributed by atoms with Crippen LogP contribution in [0.4, 0.5) is 0 Å². The van der Waals surface area contributed by atoms with E-state index in [1.807, 2.05) is 6.92 Å². The Labute approximate surface area is 77.7 Å². The minimum atomic E-state index is 0.737. The molecular weight excluding hydrogens is 166 g/mol. The van der Waals surface area contributed by atoms with Crippen molar-refractivity contribution in [3.8, 4) is 0 Å². The van der Waals surface area contributed by atoms with Gasteiger partial charge in [-0.15, -0.1) is 10.2 Å². The van der Waals surface area contributed by atoms with Gasteiger partial charge in [-0.1, -0.05) is 6.92 Å². The van der Waals surface area contributed by atoms with Gasteiger partial charge in [0.05, 0.1) is 0 Å². The van der Waals surface area contributed by atoms with Gasteiger partial charge in [-0.05, 0) is 12.8 Å². The van der Waals surface area contributed by atoms with Crippen LogP contribution in [0.25, 0.3) is 0 Å². The summed E-state index contributed by atoms with van der Waals surface area (Å²) in [6.07, 6.45) is 4.32. The van der Waals surface area contributed by atoms with E-state index in [9.17, 15) is 0 Å². The normalized spacial score (nSPS) is 16.4. The van der Waals surface area contributed by atoms with Crippen LogP contribution in [0.1, 0.15) is 31.5 Å². The summed E-state index contributed by atoms with van der Waals surface area (Å²) >= 11 is 0. The number of nitrogens with one attached hydrogen (secondary N) is 1. The van der Waals surface area contributed by atoms with Gasteiger partial charge >= 0.3 is 0 Å². The molecule has 0 bridgehead atoms. The molecule has 1 aromatic heterocycles. The zero-order valence-electron chi connectivity index (χ0n) is 7.92. The number of hydrogen-bond donors (Lipinski definition) is 1. The van der Waals surface area contributed by atoms with Crippen molar-refractivity contribution in [2.75, 3.05) is 6.54 Å². The third-order valence-corrected chi connectivity index (χ3v) is 2.16. The highest BCUT2D eigenvalue weighted by Gasteiger charge is 2.19. The molecule has 0 saturated heterocycles. The Morgan fingerprint density at radius 3 is 2.77 bits per heavy atom. The Hall–Kier alpha value is -0.900. The average molecular weight is 181 g/mol. The highest BCUT2D eigenvalue weighted by molar-refractivity contribution is 4.85. The molecule has 1 fully saturated rings. The largest absolute Gasteiger partial charge is 0.425 e. The number of nitrogens with zero attached hydrogens (tertiary/aromatic N) is 2. The molecule has 0 unspecified atom stereocenters. The summed E-state index contributed by atoms with van der Waals surface area (Å²) in [5, 5.41) is 11.3. The molecule has 0 atom stereocenters. The Kier molecular flexibility index (Phi) is 2.59. The van der Waals surface area contributed by atoms with Crippen molar-refractivity contribution in [3.05, 3.63) is 11.8 Å². The van der Waals surface area contributed by atoms with E-state index in [1.54, 1.807) is 0 Å². The fourth-order valence-electron chi connectivity index (χ4n) is 1.20. The van der Waals surface area contributed by atoms with Gasteiger partial charge in [0.2, 0.25) is 11.8 Å². The minimum absolute atomic E-state index is 0.737. The fraction of sp³-hybridized carbons (Fsp3) is 0.778. The molecule has 0 spiro atoms. The summed E-state index contributed by atoms with van der Waals surface area (Å²) in [6.45, 7) is 2.97. The van der Waals surface area contributed by atoms with E-state index in [4.69, 9.17) is 4.42 Å². The van der Waals surface area contributed by atoms with Crippen LogP contribution >= 0.6 is 0 Å². The van der Waals surface area contributed by atoms with E-state index in [0.29, 0.717) is 0 Å². The molecule has 1 saturated carbocycles. The molecule has 1 N–H and O–H groups in total. The van der Waals surface area contributed by atoms with Crippen molar-refractivity contribution in [3.63, 3.8) is 0 Å². The maximum Gasteiger partial charge on any atom is 0.217 e. The molecule has 2 rings (SSSR count). The van der Waals surface area contributed by atoms with Crippen LogP contribution in [0.15, 0.2) is 4.42 Å². The summed E-state index contributed by atoms with van der Waals surface area (Å²) in [4.78, 5) is 0. The van der Waals surface area contributed by atoms with Crippen LogP contribution in [-0.4, -0.2) is 22.8 Å². The van der Waals surface area contributed by atoms with Crippen molar-refractivity contribution in [2.45, 2.75) is 38.6 Å². The summed E-state index contributed by atoms with van der Waals surface area (Å²) < 4.78 is 5.37. The van der Waals surface area contributed by atoms with Crippen molar-refractivity contribution in [1.82, 2.24) is 15.5 Å². The van der Waals surface area contributed by atoms with Crippen LogP contribution in [0.2, 0.25) is 0 Å². The molecule has 13 heavy (non-hydrogen) atoms. The van der Waals surface area contributed by atoms with Crippen LogP contribution in [-0.2, 0) is 12.8 Å². The number of aryl methyl sites for hydroxylation is 1. The van der Waals surface area contributed by atoms with Gasteiger partial charge in [-0.2, -0.15) is 0 Å². The molecule has 4 heteroatoms. The number of aromatic nitrogens is 2. The minimum Gasteiger partial charge on any atom is -0.425 e. The van der Waals surface area contributed by atoms with Gasteiger partial charge in [0.25, 0.3) is 0 Å². The summed E-state index contributed by atoms with van der Waals surface area (Å²) in [5.41, 5.74) is 0. The van der Waals surface area contributed by atoms with Crippen molar-refractivity contribution in [2.24, 2.45) is 0 Å². The summed E-state index contributed by atoms with van der Waals surface area (Å²) in [5.74, 6) is 1.49. The van der Waals surface area contributed by atoms with Crippen LogP contribution in [0, 0.1) is 0 Å². The standard InChI is InChI=1S/C9H15N3O/c1-2-8-11-12-9(13-8)5-6-10-7-3-4-7/h7,10H,2-6H2,1H3. The first-order chi connectivity index (χ1) is 6.38. The first-order valence-corrected chi connectivity index (χ1v) is 4.93. The first-order valence-electron chi connectivity index (χ1n) is 4.93. The second-order valence-electron chi connectivity index (χ2n) is 3.42. The second kappa shape index (κ2) is 3.87. The van der Waals surface area contributed by atoms with Crippen LogP contribution < -0.4 is 5.32 Å². The summed E-state index contributed by atoms with van der Waals surface area (Å²) in [7, 11) is 0. The van der Waals surface area contributed by atoms with Gasteiger partial charge in [0.15, 0.2) is 0 Å². The van der Waals surface area contributed by atoms with Gasteiger partial charge in [-0.25, -0.2) is 0 Å². The van der Waals surface area contributed by atoms with Gasteiger partial charge < -0.3 is 9.73 Å². The van der Waals surface area contributed by atoms with Crippen molar-refractivity contribution < 1.29 is 4.42 Å². The second-order valence-corrected chi connectivity index (χ2v) is 3.42. The topological polar surface area (TPSA) is 51.0 Å². The first kappa shape index (κ1) is 8.69. The summed E-state index contributed by atoms with van der Waals surface area (Å²) in [6, 6.07) is 0.758. The molecule has 0 amide bonds. The third kappa shape index (κ3) is 2.52. The van der Waals surface area contributed by atoms with Crippen LogP contribution in [0.5, 0.6) is 0 Å². The van der Waals surface area contributed by atoms with E-state index >= 15 is 0 Å². The monoisotopic (exact) mass is 181 g/mol. The van der Waals surface area contributed by atoms with Gasteiger partial charge in [-0.3, -0.25) is 0 Å². The molecule has 72 valence electrons. The third-order valence-electron chi connectivity index (χ3n) is 2.16. The Bertz CT molecular complexity index is 268. The smallest absolute Gasteiger partial charge is 0.217 e. The molecule has 1 heterocycles. The number of hydrogen-bond acceptors (Lipinski definition) is 4. The van der Waals surface area contributed by atoms with Crippen molar-refractivity contribution >= 4 is 0 Å². The highest BCUT2D eigenvalue weighted by atomic mass is 16.4. The van der Waals surface area contributed by atoms with E-state index in [0.717, 1.165) is 37.2 Å². The quantitative estimate of drug-likeness (QED) is 0.734. The van der Waals surface area contributed by atoms with Crippen molar-refractivity contribution in [1.29, 1.82) is 0 Å². The Morgan fingerprint density at radius 2 is 2.15 bits per heavy atom. The zero-order valence-corrected chi connectivity index (χ0v) is 7.92. The van der Waals surface area contributed by atoms with E-state index < -0.39 is 0 Å². The maximum absolute atomic E-state index is 5.37. The molecule has 1 aliphatic rings. The maximum atomic E-state index is 5.37. The Morgan fingerprint density at radius 1 is 1.38 bits per heavy atom. The van der Waals surface area contributed by atoms with Gasteiger partial charge in [0, 0.05) is 25.4 Å². The molecule has 0 aliphatic heterocycles. The highest BCUT2D eigenvalue weighted by Crippen LogP contribution is 2.18. The predicted octanol–water partition coefficient (Wildman–Crippen LogP) is 0.926. The van der Waals surface area contributed by atoms with E-state index in [2.05, 4.69) is 15.5 Å². The fourth-order valence-corrected chi connectivity index (χ4v) is 1.20. The molecule has 1 aliphatic carbocycles. The lowest BCUT2D eigenvalue weighted by Gasteiger charge is -1.97. The lowest BCUT2D eigenvalue weighted by atomic mass is 10.4. The Balaban J connectivity index is 1.72. The molecular formula is C9H15N3O. The SMILES string of the molecule is CCc1nnc(CCNC2CC2)o1. The molecule has 4 nitrogen and oxygen atoms in total. The zero-order chi connectivity index (χ0) is 9.10. The molecule has 1 aromatic rings. The van der Waals surface area contributed by atoms with Crippen LogP contribution in [0.3, 0.4) is 0 Å². The van der Waals surface area contributed by atoms with Gasteiger partial charge in [0.1, 0.15) is 0 Å². The predicted molar refractivity (Wildman–Crippen MR) is 48.4 cm³/mol. The van der Waals surface area contributed by atoms with E-state index in [-0.39, 0.29) is 0 Å². The lowest BCUT2D eigenvalue weighted by Crippen LogP contribution is -2.19. The number of rotatable bonds is 5. The molecule has 0 aromatic carbocycles. The lowest BCUT2D eigenvalue weighted by molar-refractivity contribution is 0.447.